The lowest BCUT2D eigenvalue weighted by molar-refractivity contribution is 0.149. The molecule has 2 aromatic heterocycles. The molecule has 1 N–H and O–H groups in total. The first-order valence-corrected chi connectivity index (χ1v) is 9.71. The van der Waals surface area contributed by atoms with E-state index in [1.165, 1.54) is 36.1 Å². The van der Waals surface area contributed by atoms with Gasteiger partial charge in [-0.3, -0.25) is 9.69 Å². The number of hydrogen-bond donors (Lipinski definition) is 1. The molecule has 0 aromatic carbocycles. The molecule has 3 heterocycles. The van der Waals surface area contributed by atoms with Crippen LogP contribution in [-0.4, -0.2) is 27.5 Å². The van der Waals surface area contributed by atoms with E-state index in [0.717, 1.165) is 47.9 Å². The molecule has 1 fully saturated rings. The van der Waals surface area contributed by atoms with Crippen LogP contribution >= 0.6 is 11.3 Å². The number of thiophene rings is 1. The number of hydrogen-bond acceptors (Lipinski definition) is 4. The third-order valence-electron chi connectivity index (χ3n) is 5.51. The van der Waals surface area contributed by atoms with E-state index in [-0.39, 0.29) is 5.56 Å². The Morgan fingerprint density at radius 1 is 1.30 bits per heavy atom. The minimum atomic E-state index is 0.0710. The number of nitrogens with zero attached hydrogens (tertiary/aromatic N) is 2. The van der Waals surface area contributed by atoms with Crippen LogP contribution in [0.2, 0.25) is 0 Å². The standard InChI is InChI=1S/C18H25N3OS/c1-11-6-7-13-14(9-11)23-18-16(13)17(22)19-15(20-18)10-21-8-4-3-5-12(21)2/h11-12H,3-10H2,1-2H3,(H,19,20,22). The first-order chi connectivity index (χ1) is 11.1. The Kier molecular flexibility index (Phi) is 4.01. The predicted octanol–water partition coefficient (Wildman–Crippen LogP) is 3.48. The number of likely N-dealkylation sites (tertiary alicyclic amines) is 1. The fourth-order valence-electron chi connectivity index (χ4n) is 4.05. The van der Waals surface area contributed by atoms with Gasteiger partial charge in [0.1, 0.15) is 10.7 Å². The topological polar surface area (TPSA) is 49.0 Å². The van der Waals surface area contributed by atoms with Crippen molar-refractivity contribution >= 4 is 21.6 Å². The lowest BCUT2D eigenvalue weighted by atomic mass is 9.89. The first-order valence-electron chi connectivity index (χ1n) is 8.89. The quantitative estimate of drug-likeness (QED) is 0.916. The maximum absolute atomic E-state index is 12.6. The van der Waals surface area contributed by atoms with E-state index in [0.29, 0.717) is 6.04 Å². The Labute approximate surface area is 140 Å². The van der Waals surface area contributed by atoms with Crippen molar-refractivity contribution < 1.29 is 0 Å². The van der Waals surface area contributed by atoms with Crippen molar-refractivity contribution in [3.8, 4) is 0 Å². The molecule has 1 aliphatic heterocycles. The van der Waals surface area contributed by atoms with Crippen molar-refractivity contribution in [2.45, 2.75) is 65.0 Å². The molecular formula is C18H25N3OS. The maximum Gasteiger partial charge on any atom is 0.259 e. The van der Waals surface area contributed by atoms with Crippen molar-refractivity contribution in [3.05, 3.63) is 26.6 Å². The molecule has 2 atom stereocenters. The largest absolute Gasteiger partial charge is 0.309 e. The lowest BCUT2D eigenvalue weighted by Gasteiger charge is -2.32. The van der Waals surface area contributed by atoms with E-state index in [1.54, 1.807) is 11.3 Å². The zero-order chi connectivity index (χ0) is 16.0. The van der Waals surface area contributed by atoms with Crippen molar-refractivity contribution in [1.82, 2.24) is 14.9 Å². The first kappa shape index (κ1) is 15.3. The summed E-state index contributed by atoms with van der Waals surface area (Å²) in [5.41, 5.74) is 1.34. The zero-order valence-corrected chi connectivity index (χ0v) is 14.8. The van der Waals surface area contributed by atoms with Crippen LogP contribution in [0.25, 0.3) is 10.2 Å². The number of H-pyrrole nitrogens is 1. The van der Waals surface area contributed by atoms with Gasteiger partial charge >= 0.3 is 0 Å². The van der Waals surface area contributed by atoms with E-state index in [1.807, 2.05) is 0 Å². The average Bonchev–Trinajstić information content (AvgIpc) is 2.87. The molecule has 2 aliphatic rings. The zero-order valence-electron chi connectivity index (χ0n) is 14.0. The predicted molar refractivity (Wildman–Crippen MR) is 95.2 cm³/mol. The Balaban J connectivity index is 1.69. The highest BCUT2D eigenvalue weighted by Gasteiger charge is 2.24. The maximum atomic E-state index is 12.6. The fraction of sp³-hybridized carbons (Fsp3) is 0.667. The second-order valence-electron chi connectivity index (χ2n) is 7.36. The molecule has 4 rings (SSSR count). The van der Waals surface area contributed by atoms with Gasteiger partial charge in [-0.25, -0.2) is 4.98 Å². The Bertz CT molecular complexity index is 778. The van der Waals surface area contributed by atoms with Gasteiger partial charge in [-0.15, -0.1) is 11.3 Å². The van der Waals surface area contributed by atoms with E-state index >= 15 is 0 Å². The third kappa shape index (κ3) is 2.85. The van der Waals surface area contributed by atoms with Gasteiger partial charge in [0.15, 0.2) is 0 Å². The van der Waals surface area contributed by atoms with Gasteiger partial charge in [0.25, 0.3) is 5.56 Å². The summed E-state index contributed by atoms with van der Waals surface area (Å²) in [4.78, 5) is 25.3. The molecule has 124 valence electrons. The number of piperidine rings is 1. The van der Waals surface area contributed by atoms with Crippen LogP contribution in [-0.2, 0) is 19.4 Å². The molecule has 1 aliphatic carbocycles. The molecule has 0 spiro atoms. The Hall–Kier alpha value is -1.20. The number of aromatic nitrogens is 2. The molecule has 1 saturated heterocycles. The van der Waals surface area contributed by atoms with Crippen LogP contribution in [0.1, 0.15) is 55.8 Å². The minimum Gasteiger partial charge on any atom is -0.309 e. The number of nitrogens with one attached hydrogen (secondary N) is 1. The molecule has 4 nitrogen and oxygen atoms in total. The number of aryl methyl sites for hydroxylation is 1. The molecule has 0 amide bonds. The molecule has 2 aromatic rings. The SMILES string of the molecule is CC1CCc2c(sc3nc(CN4CCCCC4C)[nH]c(=O)c23)C1. The van der Waals surface area contributed by atoms with Gasteiger partial charge in [0.05, 0.1) is 11.9 Å². The normalized spacial score (nSPS) is 25.7. The third-order valence-corrected chi connectivity index (χ3v) is 6.66. The van der Waals surface area contributed by atoms with Crippen LogP contribution in [0.5, 0.6) is 0 Å². The van der Waals surface area contributed by atoms with Gasteiger partial charge in [-0.1, -0.05) is 13.3 Å². The van der Waals surface area contributed by atoms with Crippen molar-refractivity contribution in [2.24, 2.45) is 5.92 Å². The second kappa shape index (κ2) is 6.02. The summed E-state index contributed by atoms with van der Waals surface area (Å²) < 4.78 is 0. The van der Waals surface area contributed by atoms with Gasteiger partial charge in [-0.2, -0.15) is 0 Å². The molecule has 0 saturated carbocycles. The molecule has 23 heavy (non-hydrogen) atoms. The number of aromatic amines is 1. The molecule has 5 heteroatoms. The van der Waals surface area contributed by atoms with Crippen molar-refractivity contribution in [1.29, 1.82) is 0 Å². The van der Waals surface area contributed by atoms with E-state index in [2.05, 4.69) is 23.7 Å². The summed E-state index contributed by atoms with van der Waals surface area (Å²) in [6.07, 6.45) is 7.14. The Morgan fingerprint density at radius 3 is 3.00 bits per heavy atom. The number of fused-ring (bicyclic) bond motifs is 3. The minimum absolute atomic E-state index is 0.0710. The lowest BCUT2D eigenvalue weighted by Crippen LogP contribution is -2.37. The van der Waals surface area contributed by atoms with E-state index in [9.17, 15) is 4.79 Å². The summed E-state index contributed by atoms with van der Waals surface area (Å²) >= 11 is 1.74. The van der Waals surface area contributed by atoms with Gasteiger partial charge in [0.2, 0.25) is 0 Å². The summed E-state index contributed by atoms with van der Waals surface area (Å²) in [6, 6.07) is 0.585. The summed E-state index contributed by atoms with van der Waals surface area (Å²) in [7, 11) is 0. The van der Waals surface area contributed by atoms with Crippen molar-refractivity contribution in [2.75, 3.05) is 6.54 Å². The fourth-order valence-corrected chi connectivity index (χ4v) is 5.46. The molecule has 0 radical (unpaired) electrons. The molecular weight excluding hydrogens is 306 g/mol. The molecule has 0 bridgehead atoms. The summed E-state index contributed by atoms with van der Waals surface area (Å²) in [5.74, 6) is 1.56. The highest BCUT2D eigenvalue weighted by molar-refractivity contribution is 7.18. The second-order valence-corrected chi connectivity index (χ2v) is 8.44. The monoisotopic (exact) mass is 331 g/mol. The van der Waals surface area contributed by atoms with Gasteiger partial charge in [0, 0.05) is 10.9 Å². The highest BCUT2D eigenvalue weighted by Crippen LogP contribution is 2.35. The highest BCUT2D eigenvalue weighted by atomic mass is 32.1. The number of rotatable bonds is 2. The summed E-state index contributed by atoms with van der Waals surface area (Å²) in [5, 5.41) is 0.868. The Morgan fingerprint density at radius 2 is 2.17 bits per heavy atom. The van der Waals surface area contributed by atoms with Crippen LogP contribution < -0.4 is 5.56 Å². The van der Waals surface area contributed by atoms with Crippen LogP contribution in [0.3, 0.4) is 0 Å². The van der Waals surface area contributed by atoms with Crippen LogP contribution in [0.4, 0.5) is 0 Å². The van der Waals surface area contributed by atoms with Gasteiger partial charge < -0.3 is 4.98 Å². The molecule has 2 unspecified atom stereocenters. The summed E-state index contributed by atoms with van der Waals surface area (Å²) in [6.45, 7) is 6.46. The van der Waals surface area contributed by atoms with Crippen molar-refractivity contribution in [3.63, 3.8) is 0 Å². The van der Waals surface area contributed by atoms with E-state index < -0.39 is 0 Å². The van der Waals surface area contributed by atoms with Gasteiger partial charge in [-0.05, 0) is 57.1 Å². The average molecular weight is 331 g/mol. The van der Waals surface area contributed by atoms with Crippen LogP contribution in [0.15, 0.2) is 4.79 Å². The smallest absolute Gasteiger partial charge is 0.259 e. The van der Waals surface area contributed by atoms with Crippen LogP contribution in [0, 0.1) is 5.92 Å². The van der Waals surface area contributed by atoms with E-state index in [4.69, 9.17) is 4.98 Å².